The molecule has 1 fully saturated rings. The van der Waals surface area contributed by atoms with Gasteiger partial charge in [-0.25, -0.2) is 0 Å². The van der Waals surface area contributed by atoms with Crippen LogP contribution in [0.4, 0.5) is 0 Å². The van der Waals surface area contributed by atoms with E-state index in [9.17, 15) is 4.79 Å². The van der Waals surface area contributed by atoms with Gasteiger partial charge in [0.05, 0.1) is 6.04 Å². The first-order valence-electron chi connectivity index (χ1n) is 5.24. The summed E-state index contributed by atoms with van der Waals surface area (Å²) in [4.78, 5) is 13.5. The first-order valence-corrected chi connectivity index (χ1v) is 5.24. The molecule has 0 aromatic carbocycles. The molecule has 0 spiro atoms. The van der Waals surface area contributed by atoms with Gasteiger partial charge < -0.3 is 15.7 Å². The summed E-state index contributed by atoms with van der Waals surface area (Å²) in [5.74, 6) is 0.411. The molecule has 0 aliphatic carbocycles. The monoisotopic (exact) mass is 200 g/mol. The number of rotatable bonds is 4. The highest BCUT2D eigenvalue weighted by Gasteiger charge is 2.34. The second kappa shape index (κ2) is 4.75. The molecule has 0 aromatic rings. The van der Waals surface area contributed by atoms with Crippen LogP contribution < -0.4 is 5.73 Å². The van der Waals surface area contributed by atoms with Gasteiger partial charge in [0.2, 0.25) is 5.91 Å². The van der Waals surface area contributed by atoms with Crippen molar-refractivity contribution in [2.75, 3.05) is 13.2 Å². The smallest absolute Gasteiger partial charge is 0.239 e. The topological polar surface area (TPSA) is 66.6 Å². The van der Waals surface area contributed by atoms with Gasteiger partial charge in [-0.2, -0.15) is 0 Å². The molecule has 0 bridgehead atoms. The van der Waals surface area contributed by atoms with E-state index in [1.54, 1.807) is 0 Å². The molecule has 1 saturated heterocycles. The Hall–Kier alpha value is -0.610. The molecule has 0 aromatic heterocycles. The number of aliphatic hydroxyl groups is 1. The summed E-state index contributed by atoms with van der Waals surface area (Å²) in [6.07, 6.45) is 1.39. The number of hydrogen-bond acceptors (Lipinski definition) is 3. The van der Waals surface area contributed by atoms with E-state index in [0.717, 1.165) is 13.0 Å². The van der Waals surface area contributed by atoms with E-state index in [1.807, 2.05) is 4.90 Å². The zero-order chi connectivity index (χ0) is 10.7. The number of nitrogens with zero attached hydrogens (tertiary/aromatic N) is 1. The molecule has 3 N–H and O–H groups in total. The Bertz CT molecular complexity index is 206. The lowest BCUT2D eigenvalue weighted by Gasteiger charge is -2.30. The van der Waals surface area contributed by atoms with E-state index in [4.69, 9.17) is 10.8 Å². The van der Waals surface area contributed by atoms with Crippen LogP contribution in [-0.2, 0) is 4.79 Å². The SMILES string of the molecule is CC(C)C(CCO)N1CCC(N)C1=O. The average molecular weight is 200 g/mol. The molecular formula is C10H20N2O2. The molecule has 1 amide bonds. The number of amides is 1. The van der Waals surface area contributed by atoms with Crippen LogP contribution >= 0.6 is 0 Å². The van der Waals surface area contributed by atoms with Crippen LogP contribution in [0.15, 0.2) is 0 Å². The lowest BCUT2D eigenvalue weighted by molar-refractivity contribution is -0.131. The summed E-state index contributed by atoms with van der Waals surface area (Å²) in [5, 5.41) is 8.93. The van der Waals surface area contributed by atoms with E-state index in [2.05, 4.69) is 13.8 Å². The summed E-state index contributed by atoms with van der Waals surface area (Å²) in [6, 6.07) is -0.184. The Labute approximate surface area is 85.1 Å². The first-order chi connectivity index (χ1) is 6.57. The minimum atomic E-state index is -0.324. The summed E-state index contributed by atoms with van der Waals surface area (Å²) in [5.41, 5.74) is 5.65. The molecule has 2 unspecified atom stereocenters. The highest BCUT2D eigenvalue weighted by atomic mass is 16.3. The van der Waals surface area contributed by atoms with Crippen LogP contribution in [0.2, 0.25) is 0 Å². The Morgan fingerprint density at radius 1 is 1.64 bits per heavy atom. The van der Waals surface area contributed by atoms with Crippen molar-refractivity contribution >= 4 is 5.91 Å². The third-order valence-electron chi connectivity index (χ3n) is 2.88. The molecule has 14 heavy (non-hydrogen) atoms. The maximum absolute atomic E-state index is 11.6. The van der Waals surface area contributed by atoms with Gasteiger partial charge in [-0.1, -0.05) is 13.8 Å². The number of aliphatic hydroxyl groups excluding tert-OH is 1. The van der Waals surface area contributed by atoms with Crippen molar-refractivity contribution in [3.05, 3.63) is 0 Å². The van der Waals surface area contributed by atoms with E-state index in [-0.39, 0.29) is 24.6 Å². The number of nitrogens with two attached hydrogens (primary N) is 1. The van der Waals surface area contributed by atoms with E-state index < -0.39 is 0 Å². The number of carbonyl (C=O) groups is 1. The Kier molecular flexibility index (Phi) is 3.89. The summed E-state index contributed by atoms with van der Waals surface area (Å²) in [7, 11) is 0. The quantitative estimate of drug-likeness (QED) is 0.669. The normalized spacial score (nSPS) is 24.8. The maximum atomic E-state index is 11.6. The predicted molar refractivity (Wildman–Crippen MR) is 54.6 cm³/mol. The van der Waals surface area contributed by atoms with Gasteiger partial charge in [-0.05, 0) is 18.8 Å². The van der Waals surface area contributed by atoms with Crippen LogP contribution in [0.25, 0.3) is 0 Å². The van der Waals surface area contributed by atoms with Crippen molar-refractivity contribution in [1.29, 1.82) is 0 Å². The molecule has 1 heterocycles. The summed E-state index contributed by atoms with van der Waals surface area (Å²) in [6.45, 7) is 5.00. The van der Waals surface area contributed by atoms with Crippen LogP contribution in [0.3, 0.4) is 0 Å². The average Bonchev–Trinajstić information content (AvgIpc) is 2.44. The molecule has 2 atom stereocenters. The third-order valence-corrected chi connectivity index (χ3v) is 2.88. The standard InChI is InChI=1S/C10H20N2O2/c1-7(2)9(4-6-13)12-5-3-8(11)10(12)14/h7-9,13H,3-6,11H2,1-2H3. The molecule has 1 rings (SSSR count). The molecule has 0 saturated carbocycles. The van der Waals surface area contributed by atoms with Crippen LogP contribution in [0.5, 0.6) is 0 Å². The lowest BCUT2D eigenvalue weighted by atomic mass is 10.00. The second-order valence-electron chi connectivity index (χ2n) is 4.25. The van der Waals surface area contributed by atoms with Gasteiger partial charge >= 0.3 is 0 Å². The largest absolute Gasteiger partial charge is 0.396 e. The van der Waals surface area contributed by atoms with E-state index in [1.165, 1.54) is 0 Å². The van der Waals surface area contributed by atoms with Crippen molar-refractivity contribution < 1.29 is 9.90 Å². The van der Waals surface area contributed by atoms with Crippen molar-refractivity contribution in [1.82, 2.24) is 4.90 Å². The Morgan fingerprint density at radius 2 is 2.29 bits per heavy atom. The van der Waals surface area contributed by atoms with Crippen molar-refractivity contribution in [2.24, 2.45) is 11.7 Å². The van der Waals surface area contributed by atoms with Crippen LogP contribution in [0.1, 0.15) is 26.7 Å². The molecular weight excluding hydrogens is 180 g/mol. The summed E-state index contributed by atoms with van der Waals surface area (Å²) >= 11 is 0. The van der Waals surface area contributed by atoms with Gasteiger partial charge in [0.15, 0.2) is 0 Å². The predicted octanol–water partition coefficient (Wildman–Crippen LogP) is -0.0470. The maximum Gasteiger partial charge on any atom is 0.239 e. The summed E-state index contributed by atoms with van der Waals surface area (Å²) < 4.78 is 0. The van der Waals surface area contributed by atoms with Gasteiger partial charge in [0.1, 0.15) is 0 Å². The van der Waals surface area contributed by atoms with Crippen molar-refractivity contribution in [3.8, 4) is 0 Å². The fourth-order valence-corrected chi connectivity index (χ4v) is 2.04. The molecule has 82 valence electrons. The number of carbonyl (C=O) groups excluding carboxylic acids is 1. The van der Waals surface area contributed by atoms with Gasteiger partial charge in [-0.3, -0.25) is 4.79 Å². The van der Waals surface area contributed by atoms with Gasteiger partial charge in [0, 0.05) is 19.2 Å². The Morgan fingerprint density at radius 3 is 2.64 bits per heavy atom. The molecule has 4 heteroatoms. The second-order valence-corrected chi connectivity index (χ2v) is 4.25. The van der Waals surface area contributed by atoms with Crippen molar-refractivity contribution in [3.63, 3.8) is 0 Å². The lowest BCUT2D eigenvalue weighted by Crippen LogP contribution is -2.43. The van der Waals surface area contributed by atoms with E-state index in [0.29, 0.717) is 12.3 Å². The van der Waals surface area contributed by atoms with Crippen LogP contribution in [-0.4, -0.2) is 41.1 Å². The van der Waals surface area contributed by atoms with Gasteiger partial charge in [0.25, 0.3) is 0 Å². The number of hydrogen-bond donors (Lipinski definition) is 2. The van der Waals surface area contributed by atoms with Gasteiger partial charge in [-0.15, -0.1) is 0 Å². The molecule has 0 radical (unpaired) electrons. The molecule has 1 aliphatic heterocycles. The Balaban J connectivity index is 2.64. The number of likely N-dealkylation sites (tertiary alicyclic amines) is 1. The van der Waals surface area contributed by atoms with E-state index >= 15 is 0 Å². The highest BCUT2D eigenvalue weighted by molar-refractivity contribution is 5.84. The van der Waals surface area contributed by atoms with Crippen LogP contribution in [0, 0.1) is 5.92 Å². The fourth-order valence-electron chi connectivity index (χ4n) is 2.04. The zero-order valence-electron chi connectivity index (χ0n) is 8.94. The van der Waals surface area contributed by atoms with Crippen molar-refractivity contribution in [2.45, 2.75) is 38.8 Å². The minimum Gasteiger partial charge on any atom is -0.396 e. The zero-order valence-corrected chi connectivity index (χ0v) is 8.94. The highest BCUT2D eigenvalue weighted by Crippen LogP contribution is 2.20. The molecule has 1 aliphatic rings. The third kappa shape index (κ3) is 2.25. The first kappa shape index (κ1) is 11.5. The minimum absolute atomic E-state index is 0.0390. The molecule has 4 nitrogen and oxygen atoms in total. The fraction of sp³-hybridized carbons (Fsp3) is 0.900.